The van der Waals surface area contributed by atoms with Crippen LogP contribution in [0, 0.1) is 11.6 Å². The number of nitrogens with two attached hydrogens (primary N) is 1. The molecule has 0 saturated carbocycles. The van der Waals surface area contributed by atoms with Gasteiger partial charge < -0.3 is 5.73 Å². The Morgan fingerprint density at radius 2 is 1.75 bits per heavy atom. The van der Waals surface area contributed by atoms with Gasteiger partial charge in [0.1, 0.15) is 11.6 Å². The summed E-state index contributed by atoms with van der Waals surface area (Å²) in [6.07, 6.45) is 1.58. The highest BCUT2D eigenvalue weighted by Gasteiger charge is 2.14. The smallest absolute Gasteiger partial charge is 0.126 e. The first-order chi connectivity index (χ1) is 9.58. The van der Waals surface area contributed by atoms with Crippen LogP contribution >= 0.6 is 0 Å². The third kappa shape index (κ3) is 2.88. The summed E-state index contributed by atoms with van der Waals surface area (Å²) in [5.41, 5.74) is 9.39. The molecule has 0 fully saturated rings. The number of benzene rings is 1. The molecule has 0 atom stereocenters. The van der Waals surface area contributed by atoms with E-state index in [1.54, 1.807) is 4.68 Å². The summed E-state index contributed by atoms with van der Waals surface area (Å²) in [4.78, 5) is 0. The van der Waals surface area contributed by atoms with Crippen LogP contribution in [0.1, 0.15) is 36.4 Å². The fraction of sp³-hybridized carbons (Fsp3) is 0.400. The van der Waals surface area contributed by atoms with E-state index in [2.05, 4.69) is 5.10 Å². The van der Waals surface area contributed by atoms with Gasteiger partial charge in [0.15, 0.2) is 0 Å². The molecular formula is C15H19F2N3. The van der Waals surface area contributed by atoms with Crippen molar-refractivity contribution < 1.29 is 8.78 Å². The minimum atomic E-state index is -0.569. The van der Waals surface area contributed by atoms with Gasteiger partial charge in [-0.05, 0) is 30.5 Å². The quantitative estimate of drug-likeness (QED) is 0.914. The fourth-order valence-electron chi connectivity index (χ4n) is 2.51. The Balaban J connectivity index is 2.40. The van der Waals surface area contributed by atoms with Crippen LogP contribution < -0.4 is 5.73 Å². The molecule has 0 unspecified atom stereocenters. The Morgan fingerprint density at radius 1 is 1.10 bits per heavy atom. The van der Waals surface area contributed by atoms with E-state index < -0.39 is 11.6 Å². The number of rotatable bonds is 5. The zero-order valence-electron chi connectivity index (χ0n) is 11.8. The lowest BCUT2D eigenvalue weighted by molar-refractivity contribution is 0.571. The number of aromatic nitrogens is 2. The van der Waals surface area contributed by atoms with Gasteiger partial charge in [-0.1, -0.05) is 13.8 Å². The summed E-state index contributed by atoms with van der Waals surface area (Å²) in [5, 5.41) is 4.52. The van der Waals surface area contributed by atoms with Gasteiger partial charge in [-0.15, -0.1) is 0 Å². The highest BCUT2D eigenvalue weighted by Crippen LogP contribution is 2.18. The minimum absolute atomic E-state index is 0.352. The molecule has 0 aliphatic heterocycles. The van der Waals surface area contributed by atoms with Gasteiger partial charge in [0.25, 0.3) is 0 Å². The average molecular weight is 279 g/mol. The lowest BCUT2D eigenvalue weighted by Gasteiger charge is -2.08. The van der Waals surface area contributed by atoms with Crippen LogP contribution in [0.25, 0.3) is 0 Å². The van der Waals surface area contributed by atoms with E-state index >= 15 is 0 Å². The van der Waals surface area contributed by atoms with E-state index in [4.69, 9.17) is 5.73 Å². The maximum Gasteiger partial charge on any atom is 0.126 e. The van der Waals surface area contributed by atoms with Gasteiger partial charge in [-0.25, -0.2) is 8.78 Å². The molecule has 0 saturated heterocycles. The Bertz CT molecular complexity index is 585. The van der Waals surface area contributed by atoms with Gasteiger partial charge >= 0.3 is 0 Å². The highest BCUT2D eigenvalue weighted by molar-refractivity contribution is 5.28. The normalized spacial score (nSPS) is 11.1. The van der Waals surface area contributed by atoms with Gasteiger partial charge in [0.05, 0.1) is 12.2 Å². The summed E-state index contributed by atoms with van der Waals surface area (Å²) in [6, 6.07) is 3.53. The van der Waals surface area contributed by atoms with E-state index in [1.807, 2.05) is 13.8 Å². The van der Waals surface area contributed by atoms with Crippen LogP contribution in [0.15, 0.2) is 18.2 Å². The van der Waals surface area contributed by atoms with Crippen LogP contribution in [-0.4, -0.2) is 9.78 Å². The number of nitrogens with zero attached hydrogens (tertiary/aromatic N) is 2. The first-order valence-corrected chi connectivity index (χ1v) is 6.81. The monoisotopic (exact) mass is 279 g/mol. The lowest BCUT2D eigenvalue weighted by Crippen LogP contribution is -2.08. The molecule has 0 bridgehead atoms. The van der Waals surface area contributed by atoms with Crippen molar-refractivity contribution in [3.8, 4) is 0 Å². The SMILES string of the molecule is CCc1nn(Cc2cc(F)cc(F)c2)c(CC)c1CN. The molecule has 1 aromatic heterocycles. The molecule has 2 rings (SSSR count). The molecule has 0 radical (unpaired) electrons. The molecule has 0 spiro atoms. The highest BCUT2D eigenvalue weighted by atomic mass is 19.1. The lowest BCUT2D eigenvalue weighted by atomic mass is 10.1. The third-order valence-corrected chi connectivity index (χ3v) is 3.38. The Kier molecular flexibility index (Phi) is 4.49. The largest absolute Gasteiger partial charge is 0.326 e. The van der Waals surface area contributed by atoms with Crippen LogP contribution in [0.2, 0.25) is 0 Å². The molecule has 1 heterocycles. The van der Waals surface area contributed by atoms with Gasteiger partial charge in [0.2, 0.25) is 0 Å². The van der Waals surface area contributed by atoms with Crippen molar-refractivity contribution in [3.63, 3.8) is 0 Å². The molecule has 108 valence electrons. The Morgan fingerprint density at radius 3 is 2.25 bits per heavy atom. The molecule has 3 nitrogen and oxygen atoms in total. The molecule has 2 N–H and O–H groups in total. The number of hydrogen-bond donors (Lipinski definition) is 1. The second-order valence-corrected chi connectivity index (χ2v) is 4.72. The first-order valence-electron chi connectivity index (χ1n) is 6.81. The fourth-order valence-corrected chi connectivity index (χ4v) is 2.51. The van der Waals surface area contributed by atoms with Crippen LogP contribution in [0.3, 0.4) is 0 Å². The second kappa shape index (κ2) is 6.13. The third-order valence-electron chi connectivity index (χ3n) is 3.38. The second-order valence-electron chi connectivity index (χ2n) is 4.72. The molecular weight excluding hydrogens is 260 g/mol. The standard InChI is InChI=1S/C15H19F2N3/c1-3-14-13(8-18)15(4-2)20(19-14)9-10-5-11(16)7-12(17)6-10/h5-7H,3-4,8-9,18H2,1-2H3. The van der Waals surface area contributed by atoms with E-state index in [9.17, 15) is 8.78 Å². The summed E-state index contributed by atoms with van der Waals surface area (Å²) in [5.74, 6) is -1.14. The predicted octanol–water partition coefficient (Wildman–Crippen LogP) is 2.79. The van der Waals surface area contributed by atoms with Crippen LogP contribution in [-0.2, 0) is 25.9 Å². The molecule has 2 aromatic rings. The Hall–Kier alpha value is -1.75. The Labute approximate surface area is 117 Å². The van der Waals surface area contributed by atoms with E-state index in [1.165, 1.54) is 12.1 Å². The van der Waals surface area contributed by atoms with Crippen molar-refractivity contribution in [2.45, 2.75) is 39.8 Å². The maximum atomic E-state index is 13.2. The summed E-state index contributed by atoms with van der Waals surface area (Å²) in [6.45, 7) is 4.83. The van der Waals surface area contributed by atoms with Gasteiger partial charge in [-0.3, -0.25) is 4.68 Å². The van der Waals surface area contributed by atoms with Crippen molar-refractivity contribution in [2.75, 3.05) is 0 Å². The minimum Gasteiger partial charge on any atom is -0.326 e. The molecule has 0 aliphatic carbocycles. The summed E-state index contributed by atoms with van der Waals surface area (Å²) in [7, 11) is 0. The average Bonchev–Trinajstić information content (AvgIpc) is 2.74. The van der Waals surface area contributed by atoms with Crippen LogP contribution in [0.4, 0.5) is 8.78 Å². The molecule has 0 aliphatic rings. The van der Waals surface area contributed by atoms with Crippen molar-refractivity contribution >= 4 is 0 Å². The predicted molar refractivity (Wildman–Crippen MR) is 74.3 cm³/mol. The van der Waals surface area contributed by atoms with E-state index in [0.29, 0.717) is 18.7 Å². The van der Waals surface area contributed by atoms with E-state index in [-0.39, 0.29) is 0 Å². The van der Waals surface area contributed by atoms with Crippen molar-refractivity contribution in [2.24, 2.45) is 5.73 Å². The number of halogens is 2. The molecule has 1 aromatic carbocycles. The molecule has 5 heteroatoms. The first kappa shape index (κ1) is 14.7. The summed E-state index contributed by atoms with van der Waals surface area (Å²) >= 11 is 0. The van der Waals surface area contributed by atoms with Gasteiger partial charge in [-0.2, -0.15) is 5.10 Å². The van der Waals surface area contributed by atoms with Crippen molar-refractivity contribution in [1.82, 2.24) is 9.78 Å². The topological polar surface area (TPSA) is 43.8 Å². The summed E-state index contributed by atoms with van der Waals surface area (Å²) < 4.78 is 28.3. The van der Waals surface area contributed by atoms with Crippen molar-refractivity contribution in [3.05, 3.63) is 52.3 Å². The van der Waals surface area contributed by atoms with E-state index in [0.717, 1.165) is 35.9 Å². The van der Waals surface area contributed by atoms with Gasteiger partial charge in [0, 0.05) is 23.9 Å². The molecule has 20 heavy (non-hydrogen) atoms. The number of aryl methyl sites for hydroxylation is 1. The number of hydrogen-bond acceptors (Lipinski definition) is 2. The van der Waals surface area contributed by atoms with Crippen molar-refractivity contribution in [1.29, 1.82) is 0 Å². The zero-order valence-corrected chi connectivity index (χ0v) is 11.8. The zero-order chi connectivity index (χ0) is 14.7. The van der Waals surface area contributed by atoms with Crippen LogP contribution in [0.5, 0.6) is 0 Å². The molecule has 0 amide bonds. The maximum absolute atomic E-state index is 13.2.